The number of methoxy groups -OCH3 is 2. The highest BCUT2D eigenvalue weighted by Gasteiger charge is 2.43. The number of aromatic nitrogens is 2. The maximum Gasteiger partial charge on any atom is 0.231 e. The molecule has 3 aromatic rings. The average Bonchev–Trinajstić information content (AvgIpc) is 3.44. The fourth-order valence-corrected chi connectivity index (χ4v) is 4.60. The zero-order valence-electron chi connectivity index (χ0n) is 20.4. The van der Waals surface area contributed by atoms with Gasteiger partial charge in [-0.05, 0) is 36.7 Å². The van der Waals surface area contributed by atoms with Crippen LogP contribution in [-0.4, -0.2) is 50.5 Å². The summed E-state index contributed by atoms with van der Waals surface area (Å²) >= 11 is 0. The number of nitrogens with zero attached hydrogens (tertiary/aromatic N) is 2. The van der Waals surface area contributed by atoms with E-state index in [0.717, 1.165) is 22.6 Å². The van der Waals surface area contributed by atoms with Crippen LogP contribution in [0.25, 0.3) is 22.2 Å². The lowest BCUT2D eigenvalue weighted by Crippen LogP contribution is -2.22. The van der Waals surface area contributed by atoms with Crippen LogP contribution in [0, 0.1) is 5.92 Å². The van der Waals surface area contributed by atoms with Crippen molar-refractivity contribution in [2.24, 2.45) is 5.92 Å². The van der Waals surface area contributed by atoms with E-state index >= 15 is 0 Å². The van der Waals surface area contributed by atoms with Crippen LogP contribution in [0.2, 0.25) is 25.7 Å². The first-order valence-corrected chi connectivity index (χ1v) is 15.2. The van der Waals surface area contributed by atoms with Crippen molar-refractivity contribution in [2.75, 3.05) is 26.1 Å². The predicted molar refractivity (Wildman–Crippen MR) is 134 cm³/mol. The molecule has 0 spiro atoms. The lowest BCUT2D eigenvalue weighted by Gasteiger charge is -2.15. The number of hydrogen-bond donors (Lipinski definition) is 1. The van der Waals surface area contributed by atoms with E-state index in [0.29, 0.717) is 36.3 Å². The third-order valence-electron chi connectivity index (χ3n) is 5.95. The number of benzene rings is 1. The van der Waals surface area contributed by atoms with Crippen LogP contribution >= 0.6 is 0 Å². The summed E-state index contributed by atoms with van der Waals surface area (Å²) in [5.41, 5.74) is 2.35. The van der Waals surface area contributed by atoms with E-state index in [4.69, 9.17) is 19.2 Å². The predicted octanol–water partition coefficient (Wildman–Crippen LogP) is 5.33. The van der Waals surface area contributed by atoms with Gasteiger partial charge in [0.25, 0.3) is 0 Å². The number of carbonyl (C=O) groups is 1. The van der Waals surface area contributed by atoms with Gasteiger partial charge in [0.1, 0.15) is 35.9 Å². The van der Waals surface area contributed by atoms with Gasteiger partial charge in [0.05, 0.1) is 25.7 Å². The second-order valence-corrected chi connectivity index (χ2v) is 15.4. The van der Waals surface area contributed by atoms with Gasteiger partial charge in [-0.25, -0.2) is 9.37 Å². The van der Waals surface area contributed by atoms with Gasteiger partial charge in [0.2, 0.25) is 5.91 Å². The Morgan fingerprint density at radius 1 is 1.18 bits per heavy atom. The molecule has 2 atom stereocenters. The van der Waals surface area contributed by atoms with Crippen LogP contribution in [0.3, 0.4) is 0 Å². The summed E-state index contributed by atoms with van der Waals surface area (Å²) in [6.45, 7) is 7.92. The van der Waals surface area contributed by atoms with Gasteiger partial charge in [0, 0.05) is 31.8 Å². The van der Waals surface area contributed by atoms with Crippen LogP contribution in [0.1, 0.15) is 6.42 Å². The monoisotopic (exact) mass is 485 g/mol. The number of alkyl halides is 1. The number of halogens is 1. The van der Waals surface area contributed by atoms with E-state index in [2.05, 4.69) is 25.0 Å². The fraction of sp³-hybridized carbons (Fsp3) is 0.440. The minimum Gasteiger partial charge on any atom is -0.496 e. The van der Waals surface area contributed by atoms with Crippen molar-refractivity contribution >= 4 is 30.8 Å². The maximum atomic E-state index is 13.3. The molecule has 0 bridgehead atoms. The lowest BCUT2D eigenvalue weighted by molar-refractivity contribution is -0.117. The summed E-state index contributed by atoms with van der Waals surface area (Å²) in [5.74, 6) is 0.825. The molecular formula is C25H32FN3O4Si. The Labute approximate surface area is 200 Å². The fourth-order valence-electron chi connectivity index (χ4n) is 3.84. The first-order chi connectivity index (χ1) is 16.2. The molecule has 0 aliphatic heterocycles. The molecule has 1 aliphatic rings. The second-order valence-electron chi connectivity index (χ2n) is 9.81. The van der Waals surface area contributed by atoms with Gasteiger partial charge in [-0.2, -0.15) is 0 Å². The summed E-state index contributed by atoms with van der Waals surface area (Å²) in [6, 6.07) is 10.3. The first kappa shape index (κ1) is 24.2. The number of fused-ring (bicyclic) bond motifs is 1. The number of amides is 1. The summed E-state index contributed by atoms with van der Waals surface area (Å²) < 4.78 is 32.5. The molecule has 1 aromatic carbocycles. The van der Waals surface area contributed by atoms with Gasteiger partial charge < -0.3 is 24.1 Å². The molecule has 34 heavy (non-hydrogen) atoms. The quantitative estimate of drug-likeness (QED) is 0.310. The third kappa shape index (κ3) is 5.25. The Morgan fingerprint density at radius 3 is 2.44 bits per heavy atom. The number of rotatable bonds is 10. The molecule has 1 saturated carbocycles. The molecule has 182 valence electrons. The summed E-state index contributed by atoms with van der Waals surface area (Å²) in [5, 5.41) is 3.61. The SMILES string of the molecule is COc1cccc(OC)c1-c1cn(COCC[Si](C)(C)C)c2nc(NC(=O)[C@@H]3C[C@@H]3F)ccc12. The average molecular weight is 486 g/mol. The van der Waals surface area contributed by atoms with Crippen molar-refractivity contribution in [1.82, 2.24) is 9.55 Å². The van der Waals surface area contributed by atoms with E-state index in [9.17, 15) is 9.18 Å². The maximum absolute atomic E-state index is 13.3. The van der Waals surface area contributed by atoms with Crippen molar-refractivity contribution in [1.29, 1.82) is 0 Å². The largest absolute Gasteiger partial charge is 0.496 e. The van der Waals surface area contributed by atoms with Crippen molar-refractivity contribution in [2.45, 2.75) is 45.0 Å². The number of carbonyl (C=O) groups excluding carboxylic acids is 1. The summed E-state index contributed by atoms with van der Waals surface area (Å²) in [6.07, 6.45) is 1.18. The topological polar surface area (TPSA) is 74.6 Å². The lowest BCUT2D eigenvalue weighted by atomic mass is 10.0. The smallest absolute Gasteiger partial charge is 0.231 e. The Bertz CT molecular complexity index is 1170. The number of nitrogens with one attached hydrogen (secondary N) is 1. The van der Waals surface area contributed by atoms with E-state index in [1.54, 1.807) is 20.3 Å². The van der Waals surface area contributed by atoms with Crippen LogP contribution in [-0.2, 0) is 16.3 Å². The molecular weight excluding hydrogens is 453 g/mol. The molecule has 2 aromatic heterocycles. The van der Waals surface area contributed by atoms with E-state index in [1.807, 2.05) is 35.0 Å². The standard InChI is InChI=1S/C25H32FN3O4Si/c1-31-20-7-6-8-21(32-2)23(20)18-14-29(15-33-11-12-34(3,4)5)24-16(18)9-10-22(27-24)28-25(30)17-13-19(17)26/h6-10,14,17,19H,11-13,15H2,1-5H3,(H,27,28,30)/t17-,19+/m1/s1. The van der Waals surface area contributed by atoms with Gasteiger partial charge in [-0.1, -0.05) is 25.7 Å². The van der Waals surface area contributed by atoms with Crippen LogP contribution in [0.4, 0.5) is 10.2 Å². The van der Waals surface area contributed by atoms with E-state index in [-0.39, 0.29) is 12.3 Å². The van der Waals surface area contributed by atoms with Crippen molar-refractivity contribution in [3.8, 4) is 22.6 Å². The Hall–Kier alpha value is -2.91. The highest BCUT2D eigenvalue weighted by Crippen LogP contribution is 2.42. The second kappa shape index (κ2) is 9.75. The number of pyridine rings is 1. The molecule has 0 saturated heterocycles. The molecule has 7 nitrogen and oxygen atoms in total. The Kier molecular flexibility index (Phi) is 6.95. The molecule has 1 aliphatic carbocycles. The van der Waals surface area contributed by atoms with Crippen LogP contribution in [0.5, 0.6) is 11.5 Å². The van der Waals surface area contributed by atoms with E-state index in [1.165, 1.54) is 0 Å². The summed E-state index contributed by atoms with van der Waals surface area (Å²) in [4.78, 5) is 16.9. The van der Waals surface area contributed by atoms with Gasteiger partial charge in [-0.3, -0.25) is 4.79 Å². The zero-order valence-corrected chi connectivity index (χ0v) is 21.4. The van der Waals surface area contributed by atoms with Crippen molar-refractivity contribution < 1.29 is 23.4 Å². The van der Waals surface area contributed by atoms with Gasteiger partial charge in [-0.15, -0.1) is 0 Å². The van der Waals surface area contributed by atoms with Gasteiger partial charge in [0.15, 0.2) is 0 Å². The molecule has 2 heterocycles. The highest BCUT2D eigenvalue weighted by molar-refractivity contribution is 6.76. The van der Waals surface area contributed by atoms with Crippen LogP contribution in [0.15, 0.2) is 36.5 Å². The molecule has 0 unspecified atom stereocenters. The number of anilines is 1. The van der Waals surface area contributed by atoms with E-state index < -0.39 is 20.2 Å². The summed E-state index contributed by atoms with van der Waals surface area (Å²) in [7, 11) is 2.03. The van der Waals surface area contributed by atoms with Crippen LogP contribution < -0.4 is 14.8 Å². The normalized spacial score (nSPS) is 17.6. The number of hydrogen-bond acceptors (Lipinski definition) is 5. The minimum atomic E-state index is -1.22. The molecule has 9 heteroatoms. The number of ether oxygens (including phenoxy) is 3. The Morgan fingerprint density at radius 2 is 1.85 bits per heavy atom. The van der Waals surface area contributed by atoms with Gasteiger partial charge >= 0.3 is 0 Å². The molecule has 1 N–H and O–H groups in total. The third-order valence-corrected chi connectivity index (χ3v) is 7.65. The van der Waals surface area contributed by atoms with Crippen molar-refractivity contribution in [3.05, 3.63) is 36.5 Å². The zero-order chi connectivity index (χ0) is 24.5. The highest BCUT2D eigenvalue weighted by atomic mass is 28.3. The van der Waals surface area contributed by atoms with Crippen molar-refractivity contribution in [3.63, 3.8) is 0 Å². The molecule has 0 radical (unpaired) electrons. The molecule has 1 amide bonds. The molecule has 1 fully saturated rings. The Balaban J connectivity index is 1.72. The molecule has 4 rings (SSSR count). The first-order valence-electron chi connectivity index (χ1n) is 11.5. The minimum absolute atomic E-state index is 0.271.